The fourth-order valence-electron chi connectivity index (χ4n) is 2.56. The van der Waals surface area contributed by atoms with Crippen molar-refractivity contribution in [3.8, 4) is 5.75 Å². The molecule has 1 aromatic carbocycles. The van der Waals surface area contributed by atoms with Crippen molar-refractivity contribution in [1.29, 1.82) is 0 Å². The molecule has 1 aliphatic rings. The summed E-state index contributed by atoms with van der Waals surface area (Å²) < 4.78 is 5.66. The smallest absolute Gasteiger partial charge is 0.119 e. The number of rotatable bonds is 7. The number of piperidine rings is 1. The first kappa shape index (κ1) is 14.4. The number of benzene rings is 1. The van der Waals surface area contributed by atoms with E-state index in [-0.39, 0.29) is 0 Å². The number of hydrogen-bond acceptors (Lipinski definition) is 3. The van der Waals surface area contributed by atoms with Crippen molar-refractivity contribution in [1.82, 2.24) is 10.2 Å². The molecule has 0 aliphatic carbocycles. The zero-order valence-electron chi connectivity index (χ0n) is 12.0. The summed E-state index contributed by atoms with van der Waals surface area (Å²) in [5.41, 5.74) is 0. The molecule has 1 fully saturated rings. The molecule has 1 aromatic rings. The van der Waals surface area contributed by atoms with Gasteiger partial charge in [0.2, 0.25) is 0 Å². The zero-order valence-corrected chi connectivity index (χ0v) is 12.0. The molecule has 3 heteroatoms. The zero-order chi connectivity index (χ0) is 13.3. The van der Waals surface area contributed by atoms with Crippen LogP contribution in [0.4, 0.5) is 0 Å². The molecule has 1 atom stereocenters. The molecule has 0 saturated carbocycles. The van der Waals surface area contributed by atoms with Crippen molar-refractivity contribution >= 4 is 0 Å². The molecule has 106 valence electrons. The molecule has 0 spiro atoms. The molecule has 1 aliphatic heterocycles. The number of nitrogens with one attached hydrogen (secondary N) is 1. The third kappa shape index (κ3) is 5.21. The third-order valence-corrected chi connectivity index (χ3v) is 3.74. The summed E-state index contributed by atoms with van der Waals surface area (Å²) in [6.07, 6.45) is 4.13. The van der Waals surface area contributed by atoms with Crippen LogP contribution in [0.3, 0.4) is 0 Å². The number of likely N-dealkylation sites (tertiary alicyclic amines) is 1. The van der Waals surface area contributed by atoms with E-state index in [1.807, 2.05) is 30.3 Å². The van der Waals surface area contributed by atoms with Crippen LogP contribution < -0.4 is 10.1 Å². The van der Waals surface area contributed by atoms with Crippen molar-refractivity contribution in [2.45, 2.75) is 32.2 Å². The highest BCUT2D eigenvalue weighted by Gasteiger charge is 2.15. The molecular formula is C16H26N2O. The summed E-state index contributed by atoms with van der Waals surface area (Å²) in [4.78, 5) is 2.59. The normalized spacial score (nSPS) is 18.2. The Bertz CT molecular complexity index is 336. The summed E-state index contributed by atoms with van der Waals surface area (Å²) >= 11 is 0. The molecule has 0 aromatic heterocycles. The van der Waals surface area contributed by atoms with Gasteiger partial charge in [0.05, 0.1) is 0 Å². The van der Waals surface area contributed by atoms with E-state index in [9.17, 15) is 0 Å². The summed E-state index contributed by atoms with van der Waals surface area (Å²) in [6, 6.07) is 10.6. The molecule has 1 heterocycles. The lowest BCUT2D eigenvalue weighted by atomic mass is 10.1. The summed E-state index contributed by atoms with van der Waals surface area (Å²) in [7, 11) is 0. The van der Waals surface area contributed by atoms with Gasteiger partial charge < -0.3 is 10.1 Å². The van der Waals surface area contributed by atoms with Crippen LogP contribution >= 0.6 is 0 Å². The number of hydrogen-bond donors (Lipinski definition) is 1. The lowest BCUT2D eigenvalue weighted by Crippen LogP contribution is -2.43. The summed E-state index contributed by atoms with van der Waals surface area (Å²) in [5.74, 6) is 0.952. The van der Waals surface area contributed by atoms with Gasteiger partial charge in [-0.1, -0.05) is 24.6 Å². The van der Waals surface area contributed by atoms with E-state index in [1.54, 1.807) is 0 Å². The van der Waals surface area contributed by atoms with E-state index < -0.39 is 0 Å². The van der Waals surface area contributed by atoms with Crippen LogP contribution in [0.1, 0.15) is 26.2 Å². The van der Waals surface area contributed by atoms with Crippen LogP contribution in [-0.4, -0.2) is 43.7 Å². The van der Waals surface area contributed by atoms with Crippen molar-refractivity contribution in [2.24, 2.45) is 0 Å². The van der Waals surface area contributed by atoms with E-state index in [0.29, 0.717) is 6.04 Å². The Balaban J connectivity index is 1.54. The Morgan fingerprint density at radius 3 is 2.63 bits per heavy atom. The Morgan fingerprint density at radius 1 is 1.16 bits per heavy atom. The molecule has 0 bridgehead atoms. The molecule has 1 N–H and O–H groups in total. The van der Waals surface area contributed by atoms with E-state index in [0.717, 1.165) is 25.4 Å². The fraction of sp³-hybridized carbons (Fsp3) is 0.625. The minimum Gasteiger partial charge on any atom is -0.492 e. The Kier molecular flexibility index (Phi) is 6.18. The second-order valence-electron chi connectivity index (χ2n) is 5.31. The van der Waals surface area contributed by atoms with Gasteiger partial charge in [-0.15, -0.1) is 0 Å². The first-order valence-corrected chi connectivity index (χ1v) is 7.49. The lowest BCUT2D eigenvalue weighted by molar-refractivity contribution is 0.169. The van der Waals surface area contributed by atoms with E-state index in [4.69, 9.17) is 4.74 Å². The number of para-hydroxylation sites is 1. The predicted octanol–water partition coefficient (Wildman–Crippen LogP) is 2.53. The van der Waals surface area contributed by atoms with Crippen molar-refractivity contribution in [3.63, 3.8) is 0 Å². The van der Waals surface area contributed by atoms with Gasteiger partial charge in [0.25, 0.3) is 0 Å². The third-order valence-electron chi connectivity index (χ3n) is 3.74. The van der Waals surface area contributed by atoms with Crippen LogP contribution in [-0.2, 0) is 0 Å². The maximum absolute atomic E-state index is 5.66. The quantitative estimate of drug-likeness (QED) is 0.764. The van der Waals surface area contributed by atoms with Gasteiger partial charge in [-0.3, -0.25) is 4.90 Å². The summed E-state index contributed by atoms with van der Waals surface area (Å²) in [6.45, 7) is 7.55. The second kappa shape index (κ2) is 8.18. The van der Waals surface area contributed by atoms with Gasteiger partial charge in [-0.25, -0.2) is 0 Å². The van der Waals surface area contributed by atoms with Crippen molar-refractivity contribution in [3.05, 3.63) is 30.3 Å². The Hall–Kier alpha value is -1.06. The highest BCUT2D eigenvalue weighted by molar-refractivity contribution is 5.20. The van der Waals surface area contributed by atoms with Gasteiger partial charge in [0, 0.05) is 19.1 Å². The van der Waals surface area contributed by atoms with Crippen LogP contribution in [0.15, 0.2) is 30.3 Å². The predicted molar refractivity (Wildman–Crippen MR) is 79.7 cm³/mol. The molecule has 3 nitrogen and oxygen atoms in total. The molecule has 2 rings (SSSR count). The average Bonchev–Trinajstić information content (AvgIpc) is 2.49. The fourth-order valence-corrected chi connectivity index (χ4v) is 2.56. The Labute approximate surface area is 116 Å². The first-order valence-electron chi connectivity index (χ1n) is 7.49. The van der Waals surface area contributed by atoms with E-state index >= 15 is 0 Å². The SMILES string of the molecule is CC(CNCCOc1ccccc1)N1CCCCC1. The van der Waals surface area contributed by atoms with E-state index in [1.165, 1.54) is 32.4 Å². The molecular weight excluding hydrogens is 236 g/mol. The molecule has 19 heavy (non-hydrogen) atoms. The monoisotopic (exact) mass is 262 g/mol. The lowest BCUT2D eigenvalue weighted by Gasteiger charge is -2.32. The molecule has 0 radical (unpaired) electrons. The maximum Gasteiger partial charge on any atom is 0.119 e. The number of ether oxygens (including phenoxy) is 1. The van der Waals surface area contributed by atoms with Crippen molar-refractivity contribution in [2.75, 3.05) is 32.8 Å². The van der Waals surface area contributed by atoms with Gasteiger partial charge in [0.15, 0.2) is 0 Å². The van der Waals surface area contributed by atoms with Crippen LogP contribution in [0, 0.1) is 0 Å². The highest BCUT2D eigenvalue weighted by atomic mass is 16.5. The average molecular weight is 262 g/mol. The molecule has 1 saturated heterocycles. The van der Waals surface area contributed by atoms with Crippen molar-refractivity contribution < 1.29 is 4.74 Å². The van der Waals surface area contributed by atoms with Gasteiger partial charge in [-0.05, 0) is 45.0 Å². The van der Waals surface area contributed by atoms with Crippen LogP contribution in [0.25, 0.3) is 0 Å². The van der Waals surface area contributed by atoms with Crippen LogP contribution in [0.2, 0.25) is 0 Å². The largest absolute Gasteiger partial charge is 0.492 e. The first-order chi connectivity index (χ1) is 9.36. The topological polar surface area (TPSA) is 24.5 Å². The van der Waals surface area contributed by atoms with Gasteiger partial charge in [0.1, 0.15) is 12.4 Å². The van der Waals surface area contributed by atoms with Crippen LogP contribution in [0.5, 0.6) is 5.75 Å². The maximum atomic E-state index is 5.66. The Morgan fingerprint density at radius 2 is 1.89 bits per heavy atom. The van der Waals surface area contributed by atoms with Gasteiger partial charge in [-0.2, -0.15) is 0 Å². The second-order valence-corrected chi connectivity index (χ2v) is 5.31. The number of nitrogens with zero attached hydrogens (tertiary/aromatic N) is 1. The van der Waals surface area contributed by atoms with E-state index in [2.05, 4.69) is 17.1 Å². The minimum absolute atomic E-state index is 0.636. The molecule has 1 unspecified atom stereocenters. The molecule has 0 amide bonds. The summed E-state index contributed by atoms with van der Waals surface area (Å²) in [5, 5.41) is 3.49. The minimum atomic E-state index is 0.636. The van der Waals surface area contributed by atoms with Gasteiger partial charge >= 0.3 is 0 Å². The highest BCUT2D eigenvalue weighted by Crippen LogP contribution is 2.11. The standard InChI is InChI=1S/C16H26N2O/c1-15(18-11-6-3-7-12-18)14-17-10-13-19-16-8-4-2-5-9-16/h2,4-5,8-9,15,17H,3,6-7,10-14H2,1H3.